The number of halogens is 1. The molecular formula is C9H8FN3O. The molecule has 0 aliphatic rings. The van der Waals surface area contributed by atoms with Crippen LogP contribution in [-0.4, -0.2) is 19.6 Å². The Bertz CT molecular complexity index is 441. The van der Waals surface area contributed by atoms with Crippen molar-refractivity contribution in [2.45, 2.75) is 6.61 Å². The van der Waals surface area contributed by atoms with Crippen LogP contribution in [0.2, 0.25) is 0 Å². The van der Waals surface area contributed by atoms with Gasteiger partial charge in [0, 0.05) is 12.4 Å². The van der Waals surface area contributed by atoms with Gasteiger partial charge in [-0.1, -0.05) is 0 Å². The van der Waals surface area contributed by atoms with E-state index in [1.54, 1.807) is 6.20 Å². The number of hydrogen-bond donors (Lipinski definition) is 1. The normalized spacial score (nSPS) is 10.4. The Morgan fingerprint density at radius 3 is 3.00 bits per heavy atom. The van der Waals surface area contributed by atoms with Gasteiger partial charge in [0.15, 0.2) is 5.82 Å². The molecule has 0 saturated heterocycles. The lowest BCUT2D eigenvalue weighted by atomic mass is 10.4. The molecule has 2 aromatic rings. The van der Waals surface area contributed by atoms with E-state index in [9.17, 15) is 4.39 Å². The zero-order valence-electron chi connectivity index (χ0n) is 7.26. The van der Waals surface area contributed by atoms with Gasteiger partial charge in [-0.2, -0.15) is 0 Å². The van der Waals surface area contributed by atoms with Gasteiger partial charge >= 0.3 is 0 Å². The van der Waals surface area contributed by atoms with Crippen molar-refractivity contribution in [1.29, 1.82) is 0 Å². The molecule has 0 bridgehead atoms. The summed E-state index contributed by atoms with van der Waals surface area (Å²) in [6.45, 7) is -0.153. The highest BCUT2D eigenvalue weighted by atomic mass is 19.1. The average molecular weight is 193 g/mol. The molecule has 0 atom stereocenters. The fourth-order valence-corrected chi connectivity index (χ4v) is 1.15. The van der Waals surface area contributed by atoms with E-state index in [0.29, 0.717) is 11.4 Å². The number of aliphatic hydroxyl groups is 1. The van der Waals surface area contributed by atoms with Crippen molar-refractivity contribution < 1.29 is 9.50 Å². The minimum absolute atomic E-state index is 0.153. The van der Waals surface area contributed by atoms with E-state index in [1.165, 1.54) is 23.2 Å². The summed E-state index contributed by atoms with van der Waals surface area (Å²) in [7, 11) is 0. The molecule has 0 unspecified atom stereocenters. The van der Waals surface area contributed by atoms with E-state index in [0.717, 1.165) is 6.20 Å². The summed E-state index contributed by atoms with van der Waals surface area (Å²) in [5.74, 6) is -0.422. The lowest BCUT2D eigenvalue weighted by Crippen LogP contribution is -1.94. The average Bonchev–Trinajstić information content (AvgIpc) is 2.67. The van der Waals surface area contributed by atoms with Gasteiger partial charge < -0.3 is 9.67 Å². The van der Waals surface area contributed by atoms with Crippen LogP contribution in [-0.2, 0) is 6.61 Å². The van der Waals surface area contributed by atoms with Crippen LogP contribution in [0.15, 0.2) is 31.0 Å². The van der Waals surface area contributed by atoms with Gasteiger partial charge in [-0.05, 0) is 6.07 Å². The maximum absolute atomic E-state index is 13.2. The Hall–Kier alpha value is -1.75. The topological polar surface area (TPSA) is 50.9 Å². The van der Waals surface area contributed by atoms with Gasteiger partial charge in [0.1, 0.15) is 0 Å². The van der Waals surface area contributed by atoms with Crippen molar-refractivity contribution in [2.75, 3.05) is 0 Å². The first kappa shape index (κ1) is 8.83. The summed E-state index contributed by atoms with van der Waals surface area (Å²) < 4.78 is 14.7. The molecule has 0 saturated carbocycles. The molecule has 0 aromatic carbocycles. The molecule has 2 aromatic heterocycles. The fourth-order valence-electron chi connectivity index (χ4n) is 1.15. The van der Waals surface area contributed by atoms with E-state index in [1.807, 2.05) is 0 Å². The second-order valence-electron chi connectivity index (χ2n) is 2.76. The summed E-state index contributed by atoms with van der Waals surface area (Å²) in [5.41, 5.74) is 0.869. The highest BCUT2D eigenvalue weighted by molar-refractivity contribution is 5.31. The molecular weight excluding hydrogens is 185 g/mol. The predicted molar refractivity (Wildman–Crippen MR) is 47.2 cm³/mol. The number of hydrogen-bond acceptors (Lipinski definition) is 3. The molecule has 0 radical (unpaired) electrons. The molecule has 4 nitrogen and oxygen atoms in total. The predicted octanol–water partition coefficient (Wildman–Crippen LogP) is 0.899. The summed E-state index contributed by atoms with van der Waals surface area (Å²) in [6, 6.07) is 1.54. The van der Waals surface area contributed by atoms with Crippen LogP contribution >= 0.6 is 0 Å². The van der Waals surface area contributed by atoms with E-state index < -0.39 is 5.82 Å². The molecule has 14 heavy (non-hydrogen) atoms. The van der Waals surface area contributed by atoms with E-state index >= 15 is 0 Å². The zero-order valence-corrected chi connectivity index (χ0v) is 7.26. The maximum Gasteiger partial charge on any atom is 0.165 e. The SMILES string of the molecule is OCc1cn(-c2ccncc2F)cn1. The molecule has 5 heteroatoms. The summed E-state index contributed by atoms with van der Waals surface area (Å²) in [6.07, 6.45) is 5.65. The Morgan fingerprint density at radius 1 is 1.50 bits per heavy atom. The van der Waals surface area contributed by atoms with Crippen LogP contribution in [0, 0.1) is 5.82 Å². The molecule has 0 aliphatic heterocycles. The highest BCUT2D eigenvalue weighted by Gasteiger charge is 2.04. The molecule has 2 heterocycles. The van der Waals surface area contributed by atoms with Gasteiger partial charge in [-0.15, -0.1) is 0 Å². The minimum atomic E-state index is -0.422. The maximum atomic E-state index is 13.2. The van der Waals surface area contributed by atoms with Crippen molar-refractivity contribution in [3.8, 4) is 5.69 Å². The lowest BCUT2D eigenvalue weighted by molar-refractivity contribution is 0.277. The molecule has 0 aliphatic carbocycles. The third-order valence-electron chi connectivity index (χ3n) is 1.83. The summed E-state index contributed by atoms with van der Waals surface area (Å²) in [4.78, 5) is 7.52. The number of imidazole rings is 1. The smallest absolute Gasteiger partial charge is 0.165 e. The van der Waals surface area contributed by atoms with Crippen LogP contribution in [0.3, 0.4) is 0 Å². The van der Waals surface area contributed by atoms with Crippen LogP contribution in [0.4, 0.5) is 4.39 Å². The molecule has 1 N–H and O–H groups in total. The van der Waals surface area contributed by atoms with E-state index in [-0.39, 0.29) is 6.61 Å². The quantitative estimate of drug-likeness (QED) is 0.770. The van der Waals surface area contributed by atoms with Crippen molar-refractivity contribution in [3.05, 3.63) is 42.5 Å². The minimum Gasteiger partial charge on any atom is -0.390 e. The second-order valence-corrected chi connectivity index (χ2v) is 2.76. The molecule has 0 spiro atoms. The van der Waals surface area contributed by atoms with Crippen molar-refractivity contribution >= 4 is 0 Å². The van der Waals surface area contributed by atoms with Gasteiger partial charge in [0.2, 0.25) is 0 Å². The highest BCUT2D eigenvalue weighted by Crippen LogP contribution is 2.11. The Labute approximate surface area is 79.7 Å². The first-order valence-electron chi connectivity index (χ1n) is 4.05. The van der Waals surface area contributed by atoms with Gasteiger partial charge in [0.05, 0.1) is 30.5 Å². The molecule has 0 fully saturated rings. The first-order valence-corrected chi connectivity index (χ1v) is 4.05. The Morgan fingerprint density at radius 2 is 2.36 bits per heavy atom. The standard InChI is InChI=1S/C9H8FN3O/c10-8-3-11-2-1-9(8)13-4-7(5-14)12-6-13/h1-4,6,14H,5H2. The number of pyridine rings is 1. The van der Waals surface area contributed by atoms with E-state index in [4.69, 9.17) is 5.11 Å². The second kappa shape index (κ2) is 3.55. The zero-order chi connectivity index (χ0) is 9.97. The molecule has 72 valence electrons. The van der Waals surface area contributed by atoms with Gasteiger partial charge in [0.25, 0.3) is 0 Å². The summed E-state index contributed by atoms with van der Waals surface area (Å²) >= 11 is 0. The number of rotatable bonds is 2. The van der Waals surface area contributed by atoms with Crippen LogP contribution in [0.5, 0.6) is 0 Å². The Balaban J connectivity index is 2.44. The Kier molecular flexibility index (Phi) is 2.24. The number of aromatic nitrogens is 3. The largest absolute Gasteiger partial charge is 0.390 e. The third kappa shape index (κ3) is 1.49. The van der Waals surface area contributed by atoms with E-state index in [2.05, 4.69) is 9.97 Å². The lowest BCUT2D eigenvalue weighted by Gasteiger charge is -2.01. The van der Waals surface area contributed by atoms with Crippen LogP contribution in [0.1, 0.15) is 5.69 Å². The van der Waals surface area contributed by atoms with Crippen LogP contribution < -0.4 is 0 Å². The van der Waals surface area contributed by atoms with Crippen molar-refractivity contribution in [3.63, 3.8) is 0 Å². The van der Waals surface area contributed by atoms with Crippen LogP contribution in [0.25, 0.3) is 5.69 Å². The van der Waals surface area contributed by atoms with Crippen molar-refractivity contribution in [2.24, 2.45) is 0 Å². The first-order chi connectivity index (χ1) is 6.81. The fraction of sp³-hybridized carbons (Fsp3) is 0.111. The van der Waals surface area contributed by atoms with Gasteiger partial charge in [-0.3, -0.25) is 4.98 Å². The van der Waals surface area contributed by atoms with Crippen molar-refractivity contribution in [1.82, 2.24) is 14.5 Å². The summed E-state index contributed by atoms with van der Waals surface area (Å²) in [5, 5.41) is 8.79. The van der Waals surface area contributed by atoms with Gasteiger partial charge in [-0.25, -0.2) is 9.37 Å². The number of aliphatic hydroxyl groups excluding tert-OH is 1. The monoisotopic (exact) mass is 193 g/mol. The third-order valence-corrected chi connectivity index (χ3v) is 1.83. The molecule has 2 rings (SSSR count). The number of nitrogens with zero attached hydrogens (tertiary/aromatic N) is 3. The molecule has 0 amide bonds.